The molecule has 4 nitrogen and oxygen atoms in total. The van der Waals surface area contributed by atoms with Crippen molar-refractivity contribution in [2.45, 2.75) is 19.5 Å². The van der Waals surface area contributed by atoms with Crippen LogP contribution in [0, 0.1) is 6.92 Å². The van der Waals surface area contributed by atoms with E-state index in [1.54, 1.807) is 0 Å². The minimum atomic E-state index is -0.0530. The van der Waals surface area contributed by atoms with Gasteiger partial charge in [-0.3, -0.25) is 9.69 Å². The van der Waals surface area contributed by atoms with Gasteiger partial charge in [0, 0.05) is 26.2 Å². The zero-order valence-electron chi connectivity index (χ0n) is 11.1. The van der Waals surface area contributed by atoms with Crippen LogP contribution in [-0.2, 0) is 11.3 Å². The van der Waals surface area contributed by atoms with Crippen molar-refractivity contribution in [1.82, 2.24) is 15.5 Å². The molecule has 0 spiro atoms. The Balaban J connectivity index is 1.90. The highest BCUT2D eigenvalue weighted by Gasteiger charge is 2.25. The van der Waals surface area contributed by atoms with Crippen molar-refractivity contribution in [3.63, 3.8) is 0 Å². The van der Waals surface area contributed by atoms with Gasteiger partial charge in [-0.1, -0.05) is 24.3 Å². The number of aryl methyl sites for hydroxylation is 1. The summed E-state index contributed by atoms with van der Waals surface area (Å²) in [6, 6.07) is 8.08. The van der Waals surface area contributed by atoms with Gasteiger partial charge < -0.3 is 10.6 Å². The molecule has 1 amide bonds. The number of carbonyl (C=O) groups is 1. The van der Waals surface area contributed by atoms with Crippen molar-refractivity contribution in [1.29, 1.82) is 0 Å². The van der Waals surface area contributed by atoms with Gasteiger partial charge in [-0.25, -0.2) is 0 Å². The lowest BCUT2D eigenvalue weighted by molar-refractivity contribution is -0.126. The summed E-state index contributed by atoms with van der Waals surface area (Å²) in [5, 5.41) is 6.27. The third kappa shape index (κ3) is 3.09. The second-order valence-corrected chi connectivity index (χ2v) is 4.84. The molecule has 2 N–H and O–H groups in total. The van der Waals surface area contributed by atoms with E-state index >= 15 is 0 Å². The third-order valence-electron chi connectivity index (χ3n) is 3.53. The molecule has 1 heterocycles. The SMILES string of the molecule is Cc1ccccc1CNC(=O)C1CNCCN1C. The Kier molecular flexibility index (Phi) is 4.33. The van der Waals surface area contributed by atoms with E-state index in [0.717, 1.165) is 19.6 Å². The number of rotatable bonds is 3. The molecule has 2 rings (SSSR count). The number of likely N-dealkylation sites (N-methyl/N-ethyl adjacent to an activating group) is 1. The van der Waals surface area contributed by atoms with Crippen LogP contribution in [0.3, 0.4) is 0 Å². The molecular formula is C14H21N3O. The van der Waals surface area contributed by atoms with Crippen LogP contribution in [0.25, 0.3) is 0 Å². The van der Waals surface area contributed by atoms with Gasteiger partial charge in [0.05, 0.1) is 0 Å². The average molecular weight is 247 g/mol. The molecule has 4 heteroatoms. The minimum absolute atomic E-state index is 0.0530. The van der Waals surface area contributed by atoms with Gasteiger partial charge in [-0.15, -0.1) is 0 Å². The van der Waals surface area contributed by atoms with Gasteiger partial charge in [0.25, 0.3) is 0 Å². The molecular weight excluding hydrogens is 226 g/mol. The van der Waals surface area contributed by atoms with Crippen molar-refractivity contribution in [2.24, 2.45) is 0 Å². The normalized spacial score (nSPS) is 20.7. The van der Waals surface area contributed by atoms with Gasteiger partial charge >= 0.3 is 0 Å². The highest BCUT2D eigenvalue weighted by atomic mass is 16.2. The van der Waals surface area contributed by atoms with Gasteiger partial charge in [0.2, 0.25) is 5.91 Å². The topological polar surface area (TPSA) is 44.4 Å². The van der Waals surface area contributed by atoms with Crippen molar-refractivity contribution in [2.75, 3.05) is 26.7 Å². The first-order valence-electron chi connectivity index (χ1n) is 6.41. The number of hydrogen-bond donors (Lipinski definition) is 2. The lowest BCUT2D eigenvalue weighted by Crippen LogP contribution is -2.56. The number of benzene rings is 1. The molecule has 0 aromatic heterocycles. The van der Waals surface area contributed by atoms with Crippen LogP contribution in [0.5, 0.6) is 0 Å². The summed E-state index contributed by atoms with van der Waals surface area (Å²) in [4.78, 5) is 14.2. The Morgan fingerprint density at radius 1 is 1.50 bits per heavy atom. The van der Waals surface area contributed by atoms with E-state index in [2.05, 4.69) is 34.6 Å². The Morgan fingerprint density at radius 2 is 2.28 bits per heavy atom. The maximum Gasteiger partial charge on any atom is 0.238 e. The molecule has 0 bridgehead atoms. The zero-order valence-corrected chi connectivity index (χ0v) is 11.1. The molecule has 1 aromatic carbocycles. The fourth-order valence-electron chi connectivity index (χ4n) is 2.21. The van der Waals surface area contributed by atoms with Gasteiger partial charge in [0.1, 0.15) is 6.04 Å². The van der Waals surface area contributed by atoms with Crippen LogP contribution in [0.4, 0.5) is 0 Å². The van der Waals surface area contributed by atoms with Crippen LogP contribution in [0.1, 0.15) is 11.1 Å². The number of nitrogens with one attached hydrogen (secondary N) is 2. The molecule has 98 valence electrons. The Hall–Kier alpha value is -1.39. The Bertz CT molecular complexity index is 419. The molecule has 1 saturated heterocycles. The molecule has 0 aliphatic carbocycles. The van der Waals surface area contributed by atoms with E-state index < -0.39 is 0 Å². The minimum Gasteiger partial charge on any atom is -0.351 e. The van der Waals surface area contributed by atoms with E-state index in [4.69, 9.17) is 0 Å². The van der Waals surface area contributed by atoms with Gasteiger partial charge in [-0.2, -0.15) is 0 Å². The highest BCUT2D eigenvalue weighted by Crippen LogP contribution is 2.07. The van der Waals surface area contributed by atoms with Crippen molar-refractivity contribution in [3.8, 4) is 0 Å². The van der Waals surface area contributed by atoms with E-state index in [1.807, 2.05) is 19.2 Å². The smallest absolute Gasteiger partial charge is 0.238 e. The first-order chi connectivity index (χ1) is 8.68. The predicted octanol–water partition coefficient (Wildman–Crippen LogP) is 0.515. The van der Waals surface area contributed by atoms with Crippen molar-refractivity contribution >= 4 is 5.91 Å². The summed E-state index contributed by atoms with van der Waals surface area (Å²) in [5.74, 6) is 0.105. The molecule has 1 fully saturated rings. The van der Waals surface area contributed by atoms with Crippen LogP contribution < -0.4 is 10.6 Å². The summed E-state index contributed by atoms with van der Waals surface area (Å²) >= 11 is 0. The first kappa shape index (κ1) is 13.1. The summed E-state index contributed by atoms with van der Waals surface area (Å²) in [6.07, 6.45) is 0. The molecule has 1 unspecified atom stereocenters. The molecule has 1 aliphatic heterocycles. The molecule has 1 aromatic rings. The molecule has 0 radical (unpaired) electrons. The maximum atomic E-state index is 12.1. The van der Waals surface area contributed by atoms with Crippen molar-refractivity contribution < 1.29 is 4.79 Å². The van der Waals surface area contributed by atoms with E-state index in [9.17, 15) is 4.79 Å². The fourth-order valence-corrected chi connectivity index (χ4v) is 2.21. The number of piperazine rings is 1. The van der Waals surface area contributed by atoms with E-state index in [-0.39, 0.29) is 11.9 Å². The zero-order chi connectivity index (χ0) is 13.0. The number of carbonyl (C=O) groups excluding carboxylic acids is 1. The highest BCUT2D eigenvalue weighted by molar-refractivity contribution is 5.82. The molecule has 1 aliphatic rings. The second kappa shape index (κ2) is 5.98. The number of nitrogens with zero attached hydrogens (tertiary/aromatic N) is 1. The van der Waals surface area contributed by atoms with E-state index in [0.29, 0.717) is 6.54 Å². The third-order valence-corrected chi connectivity index (χ3v) is 3.53. The van der Waals surface area contributed by atoms with Crippen LogP contribution in [-0.4, -0.2) is 43.5 Å². The Labute approximate surface area is 108 Å². The fraction of sp³-hybridized carbons (Fsp3) is 0.500. The largest absolute Gasteiger partial charge is 0.351 e. The number of amides is 1. The van der Waals surface area contributed by atoms with E-state index in [1.165, 1.54) is 11.1 Å². The predicted molar refractivity (Wildman–Crippen MR) is 72.3 cm³/mol. The monoisotopic (exact) mass is 247 g/mol. The molecule has 0 saturated carbocycles. The van der Waals surface area contributed by atoms with Gasteiger partial charge in [0.15, 0.2) is 0 Å². The van der Waals surface area contributed by atoms with Gasteiger partial charge in [-0.05, 0) is 25.1 Å². The Morgan fingerprint density at radius 3 is 3.00 bits per heavy atom. The quantitative estimate of drug-likeness (QED) is 0.818. The summed E-state index contributed by atoms with van der Waals surface area (Å²) < 4.78 is 0. The van der Waals surface area contributed by atoms with Crippen LogP contribution >= 0.6 is 0 Å². The average Bonchev–Trinajstić information content (AvgIpc) is 2.38. The molecule has 1 atom stereocenters. The summed E-state index contributed by atoms with van der Waals surface area (Å²) in [7, 11) is 2.00. The standard InChI is InChI=1S/C14H21N3O/c1-11-5-3-4-6-12(11)9-16-14(18)13-10-15-7-8-17(13)2/h3-6,13,15H,7-10H2,1-2H3,(H,16,18). The lowest BCUT2D eigenvalue weighted by atomic mass is 10.1. The number of hydrogen-bond acceptors (Lipinski definition) is 3. The first-order valence-corrected chi connectivity index (χ1v) is 6.41. The van der Waals surface area contributed by atoms with Crippen LogP contribution in [0.2, 0.25) is 0 Å². The van der Waals surface area contributed by atoms with Crippen LogP contribution in [0.15, 0.2) is 24.3 Å². The van der Waals surface area contributed by atoms with Crippen molar-refractivity contribution in [3.05, 3.63) is 35.4 Å². The lowest BCUT2D eigenvalue weighted by Gasteiger charge is -2.31. The summed E-state index contributed by atoms with van der Waals surface area (Å²) in [5.41, 5.74) is 2.39. The maximum absolute atomic E-state index is 12.1. The second-order valence-electron chi connectivity index (χ2n) is 4.84. The summed E-state index contributed by atoms with van der Waals surface area (Å²) in [6.45, 7) is 5.28. The molecule has 18 heavy (non-hydrogen) atoms.